The van der Waals surface area contributed by atoms with Gasteiger partial charge in [0.1, 0.15) is 0 Å². The molecule has 3 aromatic carbocycles. The van der Waals surface area contributed by atoms with Crippen molar-refractivity contribution in [3.8, 4) is 0 Å². The summed E-state index contributed by atoms with van der Waals surface area (Å²) in [4.78, 5) is 13.0. The molecule has 0 saturated carbocycles. The Morgan fingerprint density at radius 2 is 1.54 bits per heavy atom. The van der Waals surface area contributed by atoms with Crippen LogP contribution in [-0.4, -0.2) is 10.9 Å². The van der Waals surface area contributed by atoms with Crippen LogP contribution in [0.25, 0.3) is 11.8 Å². The Bertz CT molecular complexity index is 1010. The minimum Gasteiger partial charge on any atom is -0.295 e. The number of benzene rings is 3. The molecule has 1 heterocycles. The standard InChI is InChI=1S/C24H19ClN2O/c25-21-14-12-20(13-15-21)23-17-22(19-9-5-2-6-10-19)26-27(23)24(28)16-11-18-7-3-1-4-8-18/h1-17,23,26H/b16-11+/t23-/m0/s1. The molecule has 1 atom stereocenters. The zero-order valence-corrected chi connectivity index (χ0v) is 15.9. The van der Waals surface area contributed by atoms with Crippen LogP contribution in [0.2, 0.25) is 5.02 Å². The van der Waals surface area contributed by atoms with E-state index in [-0.39, 0.29) is 11.9 Å². The van der Waals surface area contributed by atoms with Crippen LogP contribution < -0.4 is 5.43 Å². The second-order valence-corrected chi connectivity index (χ2v) is 6.94. The second-order valence-electron chi connectivity index (χ2n) is 6.51. The lowest BCUT2D eigenvalue weighted by Gasteiger charge is -2.24. The van der Waals surface area contributed by atoms with Crippen LogP contribution in [0.4, 0.5) is 0 Å². The van der Waals surface area contributed by atoms with E-state index in [0.717, 1.165) is 22.4 Å². The van der Waals surface area contributed by atoms with Crippen molar-refractivity contribution in [1.29, 1.82) is 0 Å². The van der Waals surface area contributed by atoms with Crippen molar-refractivity contribution in [1.82, 2.24) is 10.4 Å². The third-order valence-electron chi connectivity index (χ3n) is 4.60. The number of hydrogen-bond donors (Lipinski definition) is 1. The van der Waals surface area contributed by atoms with Crippen molar-refractivity contribution in [3.05, 3.63) is 119 Å². The Hall–Kier alpha value is -3.30. The quantitative estimate of drug-likeness (QED) is 0.602. The predicted octanol–water partition coefficient (Wildman–Crippen LogP) is 5.48. The summed E-state index contributed by atoms with van der Waals surface area (Å²) in [5.74, 6) is -0.119. The maximum absolute atomic E-state index is 13.0. The van der Waals surface area contributed by atoms with E-state index >= 15 is 0 Å². The highest BCUT2D eigenvalue weighted by Gasteiger charge is 2.29. The Morgan fingerprint density at radius 3 is 2.21 bits per heavy atom. The topological polar surface area (TPSA) is 32.3 Å². The number of carbonyl (C=O) groups excluding carboxylic acids is 1. The summed E-state index contributed by atoms with van der Waals surface area (Å²) >= 11 is 6.04. The highest BCUT2D eigenvalue weighted by Crippen LogP contribution is 2.32. The Labute approximate surface area is 169 Å². The summed E-state index contributed by atoms with van der Waals surface area (Å²) in [5.41, 5.74) is 7.17. The van der Waals surface area contributed by atoms with E-state index < -0.39 is 0 Å². The lowest BCUT2D eigenvalue weighted by atomic mass is 10.0. The molecule has 1 aliphatic heterocycles. The highest BCUT2D eigenvalue weighted by atomic mass is 35.5. The average molecular weight is 387 g/mol. The molecule has 1 N–H and O–H groups in total. The summed E-state index contributed by atoms with van der Waals surface area (Å²) in [6, 6.07) is 27.1. The van der Waals surface area contributed by atoms with Crippen molar-refractivity contribution in [2.75, 3.05) is 0 Å². The first-order valence-electron chi connectivity index (χ1n) is 9.06. The van der Waals surface area contributed by atoms with Gasteiger partial charge in [0.05, 0.1) is 11.7 Å². The normalized spacial score (nSPS) is 16.1. The summed E-state index contributed by atoms with van der Waals surface area (Å²) in [6.45, 7) is 0. The number of halogens is 1. The molecule has 28 heavy (non-hydrogen) atoms. The van der Waals surface area contributed by atoms with Gasteiger partial charge in [-0.05, 0) is 41.0 Å². The number of rotatable bonds is 4. The molecule has 0 aliphatic carbocycles. The molecule has 3 aromatic rings. The van der Waals surface area contributed by atoms with Gasteiger partial charge in [-0.1, -0.05) is 84.4 Å². The molecule has 1 aliphatic rings. The molecule has 3 nitrogen and oxygen atoms in total. The summed E-state index contributed by atoms with van der Waals surface area (Å²) in [7, 11) is 0. The monoisotopic (exact) mass is 386 g/mol. The molecular formula is C24H19ClN2O. The number of hydrogen-bond acceptors (Lipinski definition) is 2. The Morgan fingerprint density at radius 1 is 0.893 bits per heavy atom. The summed E-state index contributed by atoms with van der Waals surface area (Å²) in [5, 5.41) is 2.31. The Balaban J connectivity index is 1.63. The molecule has 138 valence electrons. The molecule has 0 unspecified atom stereocenters. The third-order valence-corrected chi connectivity index (χ3v) is 4.85. The number of nitrogens with one attached hydrogen (secondary N) is 1. The maximum Gasteiger partial charge on any atom is 0.265 e. The number of carbonyl (C=O) groups is 1. The first-order valence-corrected chi connectivity index (χ1v) is 9.44. The predicted molar refractivity (Wildman–Crippen MR) is 114 cm³/mol. The van der Waals surface area contributed by atoms with Crippen molar-refractivity contribution < 1.29 is 4.79 Å². The van der Waals surface area contributed by atoms with E-state index in [1.807, 2.05) is 91.0 Å². The average Bonchev–Trinajstić information content (AvgIpc) is 3.19. The van der Waals surface area contributed by atoms with Crippen LogP contribution in [0.5, 0.6) is 0 Å². The van der Waals surface area contributed by atoms with Crippen molar-refractivity contribution >= 4 is 29.3 Å². The van der Waals surface area contributed by atoms with Crippen LogP contribution in [-0.2, 0) is 4.79 Å². The zero-order chi connectivity index (χ0) is 19.3. The van der Waals surface area contributed by atoms with Gasteiger partial charge in [0.2, 0.25) is 0 Å². The van der Waals surface area contributed by atoms with Gasteiger partial charge in [0.15, 0.2) is 0 Å². The van der Waals surface area contributed by atoms with Crippen molar-refractivity contribution in [2.24, 2.45) is 0 Å². The van der Waals surface area contributed by atoms with Crippen LogP contribution in [0.1, 0.15) is 22.7 Å². The fourth-order valence-electron chi connectivity index (χ4n) is 3.16. The fourth-order valence-corrected chi connectivity index (χ4v) is 3.28. The van der Waals surface area contributed by atoms with E-state index in [1.165, 1.54) is 0 Å². The molecule has 0 saturated heterocycles. The van der Waals surface area contributed by atoms with Gasteiger partial charge < -0.3 is 0 Å². The fraction of sp³-hybridized carbons (Fsp3) is 0.0417. The highest BCUT2D eigenvalue weighted by molar-refractivity contribution is 6.30. The van der Waals surface area contributed by atoms with E-state index in [0.29, 0.717) is 5.02 Å². The SMILES string of the molecule is O=C(/C=C/c1ccccc1)N1NC(c2ccccc2)=C[C@H]1c1ccc(Cl)cc1. The largest absolute Gasteiger partial charge is 0.295 e. The van der Waals surface area contributed by atoms with E-state index in [1.54, 1.807) is 11.1 Å². The molecular weight excluding hydrogens is 368 g/mol. The molecule has 4 rings (SSSR count). The van der Waals surface area contributed by atoms with E-state index in [9.17, 15) is 4.79 Å². The van der Waals surface area contributed by atoms with Gasteiger partial charge in [0.25, 0.3) is 5.91 Å². The minimum absolute atomic E-state index is 0.119. The van der Waals surface area contributed by atoms with Crippen LogP contribution in [0, 0.1) is 0 Å². The minimum atomic E-state index is -0.222. The molecule has 4 heteroatoms. The summed E-state index contributed by atoms with van der Waals surface area (Å²) in [6.07, 6.45) is 5.48. The molecule has 0 radical (unpaired) electrons. The number of amides is 1. The maximum atomic E-state index is 13.0. The van der Waals surface area contributed by atoms with Gasteiger partial charge >= 0.3 is 0 Å². The van der Waals surface area contributed by atoms with E-state index in [2.05, 4.69) is 11.5 Å². The number of hydrazine groups is 1. The molecule has 0 aromatic heterocycles. The van der Waals surface area contributed by atoms with Crippen LogP contribution in [0.15, 0.2) is 97.1 Å². The van der Waals surface area contributed by atoms with Gasteiger partial charge in [-0.15, -0.1) is 0 Å². The second kappa shape index (κ2) is 8.15. The molecule has 0 bridgehead atoms. The van der Waals surface area contributed by atoms with Crippen LogP contribution >= 0.6 is 11.6 Å². The summed E-state index contributed by atoms with van der Waals surface area (Å²) < 4.78 is 0. The van der Waals surface area contributed by atoms with E-state index in [4.69, 9.17) is 11.6 Å². The first-order chi connectivity index (χ1) is 13.7. The molecule has 1 amide bonds. The van der Waals surface area contributed by atoms with Gasteiger partial charge in [-0.3, -0.25) is 10.2 Å². The van der Waals surface area contributed by atoms with Gasteiger partial charge in [0, 0.05) is 11.1 Å². The lowest BCUT2D eigenvalue weighted by Crippen LogP contribution is -2.38. The lowest BCUT2D eigenvalue weighted by molar-refractivity contribution is -0.129. The number of nitrogens with zero attached hydrogens (tertiary/aromatic N) is 1. The van der Waals surface area contributed by atoms with Gasteiger partial charge in [-0.25, -0.2) is 5.01 Å². The van der Waals surface area contributed by atoms with Crippen molar-refractivity contribution in [2.45, 2.75) is 6.04 Å². The molecule has 0 spiro atoms. The molecule has 0 fully saturated rings. The van der Waals surface area contributed by atoms with Crippen molar-refractivity contribution in [3.63, 3.8) is 0 Å². The first kappa shape index (κ1) is 18.1. The zero-order valence-electron chi connectivity index (χ0n) is 15.1. The Kier molecular flexibility index (Phi) is 5.27. The van der Waals surface area contributed by atoms with Crippen LogP contribution in [0.3, 0.4) is 0 Å². The third kappa shape index (κ3) is 4.00. The smallest absolute Gasteiger partial charge is 0.265 e. The van der Waals surface area contributed by atoms with Gasteiger partial charge in [-0.2, -0.15) is 0 Å².